The van der Waals surface area contributed by atoms with E-state index in [0.29, 0.717) is 12.1 Å². The number of hydrogen-bond donors (Lipinski definition) is 2. The predicted octanol–water partition coefficient (Wildman–Crippen LogP) is 3.67. The van der Waals surface area contributed by atoms with E-state index in [-0.39, 0.29) is 23.9 Å². The Balaban J connectivity index is 0.00000225. The fourth-order valence-corrected chi connectivity index (χ4v) is 3.62. The normalized spacial score (nSPS) is 15.7. The maximum Gasteiger partial charge on any atom is 0.251 e. The second kappa shape index (κ2) is 7.89. The number of aromatic nitrogens is 2. The first-order chi connectivity index (χ1) is 11.5. The molecule has 0 spiro atoms. The van der Waals surface area contributed by atoms with E-state index in [2.05, 4.69) is 26.3 Å². The van der Waals surface area contributed by atoms with Crippen LogP contribution in [-0.4, -0.2) is 27.8 Å². The number of hydrogen-bond acceptors (Lipinski definition) is 3. The minimum atomic E-state index is -0.226. The molecular formula is C18H24BrClN4O. The van der Waals surface area contributed by atoms with Gasteiger partial charge in [-0.15, -0.1) is 12.4 Å². The molecule has 3 rings (SSSR count). The van der Waals surface area contributed by atoms with Gasteiger partial charge < -0.3 is 11.1 Å². The average molecular weight is 428 g/mol. The molecule has 2 aromatic rings. The number of carbonyl (C=O) groups is 1. The summed E-state index contributed by atoms with van der Waals surface area (Å²) in [4.78, 5) is 12.5. The van der Waals surface area contributed by atoms with Gasteiger partial charge in [-0.25, -0.2) is 4.68 Å². The Kier molecular flexibility index (Phi) is 6.30. The van der Waals surface area contributed by atoms with Crippen LogP contribution in [0.5, 0.6) is 0 Å². The molecule has 1 aromatic carbocycles. The molecule has 0 unspecified atom stereocenters. The van der Waals surface area contributed by atoms with Crippen molar-refractivity contribution in [2.45, 2.75) is 45.1 Å². The van der Waals surface area contributed by atoms with Crippen molar-refractivity contribution in [3.05, 3.63) is 45.7 Å². The van der Waals surface area contributed by atoms with Gasteiger partial charge in [0.2, 0.25) is 0 Å². The summed E-state index contributed by atoms with van der Waals surface area (Å²) in [6.45, 7) is 4.47. The van der Waals surface area contributed by atoms with Gasteiger partial charge in [-0.1, -0.05) is 12.8 Å². The van der Waals surface area contributed by atoms with Crippen molar-refractivity contribution >= 4 is 34.2 Å². The predicted molar refractivity (Wildman–Crippen MR) is 106 cm³/mol. The molecule has 0 aliphatic heterocycles. The van der Waals surface area contributed by atoms with Crippen LogP contribution in [0.2, 0.25) is 0 Å². The second-order valence-corrected chi connectivity index (χ2v) is 7.38. The number of nitrogens with one attached hydrogen (secondary N) is 1. The molecule has 0 atom stereocenters. The third-order valence-electron chi connectivity index (χ3n) is 4.91. The number of aryl methyl sites for hydroxylation is 1. The maximum atomic E-state index is 12.5. The summed E-state index contributed by atoms with van der Waals surface area (Å²) in [5.74, 6) is -0.0524. The van der Waals surface area contributed by atoms with Gasteiger partial charge in [-0.2, -0.15) is 5.10 Å². The van der Waals surface area contributed by atoms with Crippen molar-refractivity contribution in [2.24, 2.45) is 5.73 Å². The molecule has 0 saturated heterocycles. The van der Waals surface area contributed by atoms with E-state index in [1.807, 2.05) is 42.8 Å². The zero-order valence-corrected chi connectivity index (χ0v) is 16.9. The largest absolute Gasteiger partial charge is 0.345 e. The van der Waals surface area contributed by atoms with E-state index >= 15 is 0 Å². The average Bonchev–Trinajstić information content (AvgIpc) is 3.16. The number of carbonyl (C=O) groups excluding carboxylic acids is 1. The van der Waals surface area contributed by atoms with Gasteiger partial charge >= 0.3 is 0 Å². The summed E-state index contributed by atoms with van der Waals surface area (Å²) >= 11 is 3.54. The lowest BCUT2D eigenvalue weighted by molar-refractivity contribution is 0.0903. The molecule has 0 bridgehead atoms. The van der Waals surface area contributed by atoms with Crippen molar-refractivity contribution in [3.63, 3.8) is 0 Å². The molecule has 3 N–H and O–H groups in total. The maximum absolute atomic E-state index is 12.5. The molecule has 5 nitrogen and oxygen atoms in total. The van der Waals surface area contributed by atoms with Crippen LogP contribution in [0.1, 0.15) is 47.4 Å². The monoisotopic (exact) mass is 426 g/mol. The van der Waals surface area contributed by atoms with Crippen LogP contribution < -0.4 is 11.1 Å². The molecule has 7 heteroatoms. The number of rotatable bonds is 4. The van der Waals surface area contributed by atoms with Gasteiger partial charge in [-0.3, -0.25) is 4.79 Å². The standard InChI is InChI=1S/C18H23BrN4O.ClH/c1-12-16(19)13(2)23(22-12)15-7-5-14(6-8-15)17(24)21-18(11-20)9-3-4-10-18;/h5-8H,3-4,9-11,20H2,1-2H3,(H,21,24);1H. The highest BCUT2D eigenvalue weighted by molar-refractivity contribution is 9.10. The summed E-state index contributed by atoms with van der Waals surface area (Å²) in [6.07, 6.45) is 4.19. The molecule has 1 amide bonds. The minimum Gasteiger partial charge on any atom is -0.345 e. The molecular weight excluding hydrogens is 404 g/mol. The van der Waals surface area contributed by atoms with Crippen LogP contribution in [0.25, 0.3) is 5.69 Å². The Labute approximate surface area is 162 Å². The van der Waals surface area contributed by atoms with Crippen LogP contribution in [0.4, 0.5) is 0 Å². The summed E-state index contributed by atoms with van der Waals surface area (Å²) < 4.78 is 2.88. The fraction of sp³-hybridized carbons (Fsp3) is 0.444. The van der Waals surface area contributed by atoms with Gasteiger partial charge in [0.25, 0.3) is 5.91 Å². The number of amides is 1. The summed E-state index contributed by atoms with van der Waals surface area (Å²) in [6, 6.07) is 7.53. The van der Waals surface area contributed by atoms with E-state index in [0.717, 1.165) is 47.2 Å². The van der Waals surface area contributed by atoms with Crippen LogP contribution in [0.15, 0.2) is 28.7 Å². The van der Waals surface area contributed by atoms with Gasteiger partial charge in [0.1, 0.15) is 0 Å². The molecule has 0 radical (unpaired) electrons. The first-order valence-electron chi connectivity index (χ1n) is 8.30. The van der Waals surface area contributed by atoms with Crippen molar-refractivity contribution in [1.82, 2.24) is 15.1 Å². The third kappa shape index (κ3) is 3.91. The van der Waals surface area contributed by atoms with E-state index < -0.39 is 0 Å². The molecule has 1 fully saturated rings. The SMILES string of the molecule is Cc1nn(-c2ccc(C(=O)NC3(CN)CCCC3)cc2)c(C)c1Br.Cl. The lowest BCUT2D eigenvalue weighted by Gasteiger charge is -2.28. The van der Waals surface area contributed by atoms with Gasteiger partial charge in [0.15, 0.2) is 0 Å². The molecule has 1 aliphatic rings. The van der Waals surface area contributed by atoms with Gasteiger partial charge in [-0.05, 0) is 66.9 Å². The van der Waals surface area contributed by atoms with Crippen molar-refractivity contribution in [1.29, 1.82) is 0 Å². The molecule has 1 heterocycles. The van der Waals surface area contributed by atoms with Crippen LogP contribution in [-0.2, 0) is 0 Å². The molecule has 1 aliphatic carbocycles. The highest BCUT2D eigenvalue weighted by atomic mass is 79.9. The van der Waals surface area contributed by atoms with Crippen LogP contribution in [0.3, 0.4) is 0 Å². The Morgan fingerprint density at radius 3 is 2.36 bits per heavy atom. The Morgan fingerprint density at radius 2 is 1.88 bits per heavy atom. The lowest BCUT2D eigenvalue weighted by Crippen LogP contribution is -2.51. The molecule has 1 aromatic heterocycles. The third-order valence-corrected chi connectivity index (χ3v) is 6.05. The van der Waals surface area contributed by atoms with Crippen molar-refractivity contribution < 1.29 is 4.79 Å². The topological polar surface area (TPSA) is 72.9 Å². The van der Waals surface area contributed by atoms with Crippen molar-refractivity contribution in [2.75, 3.05) is 6.54 Å². The summed E-state index contributed by atoms with van der Waals surface area (Å²) in [7, 11) is 0. The highest BCUT2D eigenvalue weighted by Gasteiger charge is 2.34. The lowest BCUT2D eigenvalue weighted by atomic mass is 9.97. The zero-order chi connectivity index (χ0) is 17.3. The number of halogens is 2. The Bertz CT molecular complexity index is 751. The fourth-order valence-electron chi connectivity index (χ4n) is 3.37. The molecule has 136 valence electrons. The Morgan fingerprint density at radius 1 is 1.28 bits per heavy atom. The molecule has 1 saturated carbocycles. The van der Waals surface area contributed by atoms with E-state index in [1.54, 1.807) is 0 Å². The van der Waals surface area contributed by atoms with E-state index in [4.69, 9.17) is 5.73 Å². The quantitative estimate of drug-likeness (QED) is 0.782. The van der Waals surface area contributed by atoms with Gasteiger partial charge in [0, 0.05) is 12.1 Å². The van der Waals surface area contributed by atoms with E-state index in [1.165, 1.54) is 0 Å². The number of benzene rings is 1. The summed E-state index contributed by atoms with van der Waals surface area (Å²) in [5, 5.41) is 7.66. The van der Waals surface area contributed by atoms with Crippen LogP contribution >= 0.6 is 28.3 Å². The number of nitrogens with two attached hydrogens (primary N) is 1. The van der Waals surface area contributed by atoms with Gasteiger partial charge in [0.05, 0.1) is 27.1 Å². The number of nitrogens with zero attached hydrogens (tertiary/aromatic N) is 2. The first-order valence-corrected chi connectivity index (χ1v) is 9.10. The minimum absolute atomic E-state index is 0. The summed E-state index contributed by atoms with van der Waals surface area (Å²) in [5.41, 5.74) is 9.25. The first kappa shape index (κ1) is 19.9. The van der Waals surface area contributed by atoms with E-state index in [9.17, 15) is 4.79 Å². The van der Waals surface area contributed by atoms with Crippen molar-refractivity contribution in [3.8, 4) is 5.69 Å². The highest BCUT2D eigenvalue weighted by Crippen LogP contribution is 2.29. The second-order valence-electron chi connectivity index (χ2n) is 6.59. The zero-order valence-electron chi connectivity index (χ0n) is 14.5. The smallest absolute Gasteiger partial charge is 0.251 e. The van der Waals surface area contributed by atoms with Crippen LogP contribution in [0, 0.1) is 13.8 Å². The molecule has 25 heavy (non-hydrogen) atoms. The Hall–Kier alpha value is -1.37.